The molecule has 292 valence electrons. The normalized spacial score (nSPS) is 45.2. The zero-order valence-corrected chi connectivity index (χ0v) is 32.1. The average molecular weight is 728 g/mol. The van der Waals surface area contributed by atoms with Crippen molar-refractivity contribution in [3.05, 3.63) is 11.3 Å². The van der Waals surface area contributed by atoms with Gasteiger partial charge in [0.25, 0.3) is 0 Å². The molecule has 0 N–H and O–H groups in total. The lowest BCUT2D eigenvalue weighted by atomic mass is 9.53. The molecule has 4 saturated heterocycles. The number of ether oxygens (including phenoxy) is 5. The number of allylic oxidation sites excluding steroid dienone is 1. The number of nitrogens with zero attached hydrogens (tertiary/aromatic N) is 1. The van der Waals surface area contributed by atoms with Gasteiger partial charge in [-0.3, -0.25) is 0 Å². The summed E-state index contributed by atoms with van der Waals surface area (Å²) in [4.78, 5) is 14.5. The summed E-state index contributed by atoms with van der Waals surface area (Å²) in [6.07, 6.45) is 4.77. The van der Waals surface area contributed by atoms with Gasteiger partial charge in [0.05, 0.1) is 18.3 Å². The monoisotopic (exact) mass is 727 g/mol. The van der Waals surface area contributed by atoms with Crippen LogP contribution < -0.4 is 0 Å². The Labute approximate surface area is 303 Å². The highest BCUT2D eigenvalue weighted by Crippen LogP contribution is 2.62. The fourth-order valence-corrected chi connectivity index (χ4v) is 11.7. The Bertz CT molecular complexity index is 1260. The van der Waals surface area contributed by atoms with Crippen molar-refractivity contribution in [3.8, 4) is 0 Å². The molecular formula is C40H64F3NO7. The highest BCUT2D eigenvalue weighted by atomic mass is 19.4. The predicted octanol–water partition coefficient (Wildman–Crippen LogP) is 8.79. The first-order valence-corrected chi connectivity index (χ1v) is 20.2. The molecule has 3 unspecified atom stereocenters. The van der Waals surface area contributed by atoms with E-state index in [4.69, 9.17) is 33.5 Å². The minimum absolute atomic E-state index is 0.0734. The van der Waals surface area contributed by atoms with Gasteiger partial charge < -0.3 is 28.6 Å². The maximum atomic E-state index is 14.7. The zero-order chi connectivity index (χ0) is 36.3. The first-order chi connectivity index (χ1) is 24.1. The van der Waals surface area contributed by atoms with E-state index < -0.39 is 41.1 Å². The van der Waals surface area contributed by atoms with Gasteiger partial charge in [0.2, 0.25) is 12.0 Å². The van der Waals surface area contributed by atoms with Crippen molar-refractivity contribution in [2.75, 3.05) is 33.4 Å². The molecule has 13 atom stereocenters. The SMILES string of the molecule is C[C@H]1[C@@H](OCCCCCN(C)CC2=C(C(F)(F)F)O[C@@H]3OC(C)(C)CCC4[C@H](C)CC[C@@H]2[C@]43C)O[C@@H]2OCCC3CCC4[C@H](C)CC[C@@H]1[C@]42OO3. The van der Waals surface area contributed by atoms with E-state index >= 15 is 0 Å². The Morgan fingerprint density at radius 1 is 0.843 bits per heavy atom. The zero-order valence-electron chi connectivity index (χ0n) is 32.1. The standard InChI is InChI=1S/C40H64F3NO7/c1-24-12-15-32-28(33(40(41,42)43)47-35-38(32,6)29(24)17-19-37(4,5)49-35)23-44(7)20-9-8-10-21-45-34-26(3)31-14-11-25(2)30-16-13-27-18-22-46-36(48-34)39(30,31)51-50-27/h24-27,29-32,34-36H,8-23H2,1-7H3/t24-,25-,26-,27?,29?,30?,31+,32+,34+,35-,36+,38+,39-/m1/s1. The Hall–Kier alpha value is -0.950. The molecule has 7 aliphatic rings. The lowest BCUT2D eigenvalue weighted by Gasteiger charge is -2.58. The van der Waals surface area contributed by atoms with Crippen LogP contribution in [-0.2, 0) is 33.5 Å². The van der Waals surface area contributed by atoms with E-state index in [0.717, 1.165) is 77.0 Å². The fraction of sp³-hybridized carbons (Fsp3) is 0.950. The summed E-state index contributed by atoms with van der Waals surface area (Å²) < 4.78 is 75.7. The van der Waals surface area contributed by atoms with Crippen LogP contribution in [0.4, 0.5) is 13.2 Å². The van der Waals surface area contributed by atoms with Gasteiger partial charge in [0.15, 0.2) is 18.2 Å². The largest absolute Gasteiger partial charge is 0.459 e. The van der Waals surface area contributed by atoms with Crippen LogP contribution in [0, 0.1) is 46.8 Å². The fourth-order valence-electron chi connectivity index (χ4n) is 11.7. The second kappa shape index (κ2) is 14.6. The summed E-state index contributed by atoms with van der Waals surface area (Å²) in [5, 5.41) is 0. The van der Waals surface area contributed by atoms with Crippen molar-refractivity contribution in [3.63, 3.8) is 0 Å². The number of hydrogen-bond donors (Lipinski definition) is 0. The maximum absolute atomic E-state index is 14.7. The number of halogens is 3. The summed E-state index contributed by atoms with van der Waals surface area (Å²) in [7, 11) is 1.93. The third-order valence-electron chi connectivity index (χ3n) is 14.5. The van der Waals surface area contributed by atoms with Crippen LogP contribution >= 0.6 is 0 Å². The molecular weight excluding hydrogens is 663 g/mol. The molecule has 7 rings (SSSR count). The smallest absolute Gasteiger partial charge is 0.449 e. The van der Waals surface area contributed by atoms with Gasteiger partial charge >= 0.3 is 6.18 Å². The molecule has 51 heavy (non-hydrogen) atoms. The lowest BCUT2D eigenvalue weighted by Crippen LogP contribution is -2.68. The minimum atomic E-state index is -4.57. The molecule has 0 amide bonds. The van der Waals surface area contributed by atoms with E-state index in [1.165, 1.54) is 0 Å². The third kappa shape index (κ3) is 7.06. The van der Waals surface area contributed by atoms with E-state index in [9.17, 15) is 13.2 Å². The molecule has 2 saturated carbocycles. The van der Waals surface area contributed by atoms with Gasteiger partial charge in [-0.25, -0.2) is 9.78 Å². The second-order valence-corrected chi connectivity index (χ2v) is 18.3. The molecule has 2 bridgehead atoms. The van der Waals surface area contributed by atoms with Crippen LogP contribution in [0.2, 0.25) is 0 Å². The van der Waals surface area contributed by atoms with Crippen molar-refractivity contribution in [2.45, 2.75) is 161 Å². The van der Waals surface area contributed by atoms with Crippen LogP contribution in [0.1, 0.15) is 119 Å². The van der Waals surface area contributed by atoms with Crippen molar-refractivity contribution < 1.29 is 46.6 Å². The predicted molar refractivity (Wildman–Crippen MR) is 185 cm³/mol. The van der Waals surface area contributed by atoms with Crippen molar-refractivity contribution in [2.24, 2.45) is 46.8 Å². The Morgan fingerprint density at radius 3 is 2.37 bits per heavy atom. The number of rotatable bonds is 9. The molecule has 5 heterocycles. The van der Waals surface area contributed by atoms with Gasteiger partial charge in [0.1, 0.15) is 0 Å². The van der Waals surface area contributed by atoms with E-state index in [1.54, 1.807) is 0 Å². The lowest BCUT2D eigenvalue weighted by molar-refractivity contribution is -0.486. The van der Waals surface area contributed by atoms with Crippen molar-refractivity contribution >= 4 is 0 Å². The summed E-state index contributed by atoms with van der Waals surface area (Å²) >= 11 is 0. The topological polar surface area (TPSA) is 67.9 Å². The van der Waals surface area contributed by atoms with E-state index in [1.807, 2.05) is 25.8 Å². The number of likely N-dealkylation sites (N-methyl/N-ethyl adjacent to an activating group) is 1. The van der Waals surface area contributed by atoms with Crippen LogP contribution in [0.5, 0.6) is 0 Å². The molecule has 2 aliphatic carbocycles. The maximum Gasteiger partial charge on any atom is 0.449 e. The van der Waals surface area contributed by atoms with Gasteiger partial charge in [-0.05, 0) is 133 Å². The van der Waals surface area contributed by atoms with Crippen LogP contribution in [0.15, 0.2) is 11.3 Å². The summed E-state index contributed by atoms with van der Waals surface area (Å²) in [6.45, 7) is 15.0. The van der Waals surface area contributed by atoms with Crippen molar-refractivity contribution in [1.29, 1.82) is 0 Å². The van der Waals surface area contributed by atoms with E-state index in [-0.39, 0.29) is 42.6 Å². The summed E-state index contributed by atoms with van der Waals surface area (Å²) in [5.41, 5.74) is -1.23. The highest BCUT2D eigenvalue weighted by Gasteiger charge is 2.66. The van der Waals surface area contributed by atoms with Gasteiger partial charge in [0, 0.05) is 36.8 Å². The molecule has 5 aliphatic heterocycles. The van der Waals surface area contributed by atoms with Crippen LogP contribution in [-0.4, -0.2) is 80.6 Å². The number of alkyl halides is 3. The summed E-state index contributed by atoms with van der Waals surface area (Å²) in [5.74, 6) is 0.823. The first-order valence-electron chi connectivity index (χ1n) is 20.2. The van der Waals surface area contributed by atoms with Gasteiger partial charge in [-0.15, -0.1) is 0 Å². The van der Waals surface area contributed by atoms with Crippen LogP contribution in [0.3, 0.4) is 0 Å². The summed E-state index contributed by atoms with van der Waals surface area (Å²) in [6, 6.07) is 0. The molecule has 11 heteroatoms. The molecule has 0 aromatic heterocycles. The van der Waals surface area contributed by atoms with Crippen molar-refractivity contribution in [1.82, 2.24) is 4.90 Å². The molecule has 0 aromatic rings. The molecule has 0 aromatic carbocycles. The van der Waals surface area contributed by atoms with Crippen LogP contribution in [0.25, 0.3) is 0 Å². The van der Waals surface area contributed by atoms with Gasteiger partial charge in [-0.1, -0.05) is 27.7 Å². The Morgan fingerprint density at radius 2 is 1.59 bits per heavy atom. The van der Waals surface area contributed by atoms with Gasteiger partial charge in [-0.2, -0.15) is 13.2 Å². The highest BCUT2D eigenvalue weighted by molar-refractivity contribution is 5.27. The quantitative estimate of drug-likeness (QED) is 0.173. The van der Waals surface area contributed by atoms with E-state index in [0.29, 0.717) is 43.1 Å². The molecule has 8 nitrogen and oxygen atoms in total. The van der Waals surface area contributed by atoms with E-state index in [2.05, 4.69) is 27.7 Å². The number of fused-ring (bicyclic) bond motifs is 2. The third-order valence-corrected chi connectivity index (χ3v) is 14.5. The number of unbranched alkanes of at least 4 members (excludes halogenated alkanes) is 2. The molecule has 6 fully saturated rings. The first kappa shape index (κ1) is 38.3. The Kier molecular flexibility index (Phi) is 11.0. The molecule has 0 radical (unpaired) electrons. The average Bonchev–Trinajstić information content (AvgIpc) is 3.26. The number of hydrogen-bond acceptors (Lipinski definition) is 8. The minimum Gasteiger partial charge on any atom is -0.459 e. The Balaban J connectivity index is 0.945. The molecule has 1 spiro atoms. The second-order valence-electron chi connectivity index (χ2n) is 18.3.